The smallest absolute Gasteiger partial charge is 0.290 e. The van der Waals surface area contributed by atoms with Crippen LogP contribution in [0.3, 0.4) is 0 Å². The fraction of sp³-hybridized carbons (Fsp3) is 0.391. The molecule has 0 bridgehead atoms. The molecule has 2 aliphatic rings. The number of nitrogens with zero attached hydrogens (tertiary/aromatic N) is 2. The molecule has 1 atom stereocenters. The zero-order valence-electron chi connectivity index (χ0n) is 17.3. The maximum Gasteiger partial charge on any atom is 0.290 e. The van der Waals surface area contributed by atoms with Crippen molar-refractivity contribution < 1.29 is 23.8 Å². The molecule has 3 heterocycles. The molecule has 1 amide bonds. The van der Waals surface area contributed by atoms with Crippen LogP contribution in [0, 0.1) is 6.92 Å². The van der Waals surface area contributed by atoms with Crippen LogP contribution in [0.1, 0.15) is 40.8 Å². The van der Waals surface area contributed by atoms with Crippen LogP contribution in [0.15, 0.2) is 52.1 Å². The summed E-state index contributed by atoms with van der Waals surface area (Å²) in [6, 6.07) is 9.79. The fourth-order valence-electron chi connectivity index (χ4n) is 4.19. The lowest BCUT2D eigenvalue weighted by Gasteiger charge is -2.28. The first kappa shape index (κ1) is 20.2. The van der Waals surface area contributed by atoms with E-state index in [0.29, 0.717) is 24.6 Å². The summed E-state index contributed by atoms with van der Waals surface area (Å²) >= 11 is 0. The Kier molecular flexibility index (Phi) is 5.63. The molecule has 1 aromatic carbocycles. The predicted octanol–water partition coefficient (Wildman–Crippen LogP) is 3.27. The average molecular weight is 410 g/mol. The van der Waals surface area contributed by atoms with Gasteiger partial charge in [0.25, 0.3) is 5.91 Å². The first-order valence-corrected chi connectivity index (χ1v) is 10.2. The van der Waals surface area contributed by atoms with Crippen molar-refractivity contribution in [3.05, 3.63) is 64.8 Å². The van der Waals surface area contributed by atoms with Crippen LogP contribution in [-0.4, -0.2) is 59.9 Å². The van der Waals surface area contributed by atoms with Crippen molar-refractivity contribution in [2.45, 2.75) is 25.8 Å². The van der Waals surface area contributed by atoms with E-state index in [0.717, 1.165) is 31.5 Å². The number of ether oxygens (including phenoxy) is 1. The van der Waals surface area contributed by atoms with Crippen LogP contribution in [0.5, 0.6) is 5.75 Å². The number of hydrogen-bond donors (Lipinski definition) is 1. The minimum atomic E-state index is -0.677. The molecule has 7 nitrogen and oxygen atoms in total. The second-order valence-electron chi connectivity index (χ2n) is 7.72. The molecule has 0 radical (unpaired) electrons. The van der Waals surface area contributed by atoms with Gasteiger partial charge in [-0.3, -0.25) is 9.59 Å². The number of benzene rings is 1. The van der Waals surface area contributed by atoms with Crippen molar-refractivity contribution in [1.82, 2.24) is 9.80 Å². The Morgan fingerprint density at radius 1 is 1.13 bits per heavy atom. The number of carbonyl (C=O) groups is 2. The highest BCUT2D eigenvalue weighted by Gasteiger charge is 2.44. The second-order valence-corrected chi connectivity index (χ2v) is 7.72. The Labute approximate surface area is 175 Å². The van der Waals surface area contributed by atoms with Crippen LogP contribution < -0.4 is 4.74 Å². The normalized spacial score (nSPS) is 19.7. The number of rotatable bonds is 7. The van der Waals surface area contributed by atoms with Gasteiger partial charge in [0.1, 0.15) is 11.5 Å². The number of carbonyl (C=O) groups excluding carboxylic acids is 2. The molecule has 0 saturated carbocycles. The first-order valence-electron chi connectivity index (χ1n) is 10.2. The molecule has 1 unspecified atom stereocenters. The highest BCUT2D eigenvalue weighted by atomic mass is 16.5. The molecule has 2 aliphatic heterocycles. The van der Waals surface area contributed by atoms with Gasteiger partial charge in [-0.2, -0.15) is 0 Å². The minimum Gasteiger partial charge on any atom is -0.503 e. The number of amides is 1. The molecule has 4 rings (SSSR count). The van der Waals surface area contributed by atoms with E-state index < -0.39 is 23.5 Å². The highest BCUT2D eigenvalue weighted by Crippen LogP contribution is 2.39. The van der Waals surface area contributed by atoms with Gasteiger partial charge < -0.3 is 24.1 Å². The lowest BCUT2D eigenvalue weighted by atomic mass is 9.95. The van der Waals surface area contributed by atoms with Crippen molar-refractivity contribution >= 4 is 11.7 Å². The van der Waals surface area contributed by atoms with E-state index in [9.17, 15) is 14.7 Å². The summed E-state index contributed by atoms with van der Waals surface area (Å²) < 4.78 is 10.7. The minimum absolute atomic E-state index is 0.0564. The number of aryl methyl sites for hydroxylation is 1. The third kappa shape index (κ3) is 3.73. The van der Waals surface area contributed by atoms with Gasteiger partial charge in [-0.1, -0.05) is 12.1 Å². The van der Waals surface area contributed by atoms with Gasteiger partial charge in [-0.25, -0.2) is 0 Å². The standard InChI is InChI=1S/C23H26N2O5/c1-15-5-10-18(30-15)21(26)19-20(16-6-8-17(29-2)9-7-16)25(23(28)22(19)27)14-13-24-11-3-4-12-24/h5-10,20,27H,3-4,11-14H2,1-2H3. The second kappa shape index (κ2) is 8.36. The largest absolute Gasteiger partial charge is 0.503 e. The van der Waals surface area contributed by atoms with Crippen LogP contribution in [0.4, 0.5) is 0 Å². The summed E-state index contributed by atoms with van der Waals surface area (Å²) in [5.74, 6) is -0.123. The summed E-state index contributed by atoms with van der Waals surface area (Å²) in [6.45, 7) is 4.88. The molecule has 1 aromatic heterocycles. The summed E-state index contributed by atoms with van der Waals surface area (Å²) in [7, 11) is 1.58. The molecule has 158 valence electrons. The summed E-state index contributed by atoms with van der Waals surface area (Å²) in [6.07, 6.45) is 2.31. The fourth-order valence-corrected chi connectivity index (χ4v) is 4.19. The van der Waals surface area contributed by atoms with E-state index in [2.05, 4.69) is 4.90 Å². The summed E-state index contributed by atoms with van der Waals surface area (Å²) in [5, 5.41) is 10.7. The number of Topliss-reactive ketones (excluding diaryl/α,β-unsaturated/α-hetero) is 1. The third-order valence-corrected chi connectivity index (χ3v) is 5.80. The van der Waals surface area contributed by atoms with Crippen LogP contribution in [0.2, 0.25) is 0 Å². The van der Waals surface area contributed by atoms with Crippen LogP contribution >= 0.6 is 0 Å². The van der Waals surface area contributed by atoms with Crippen LogP contribution in [-0.2, 0) is 4.79 Å². The predicted molar refractivity (Wildman–Crippen MR) is 111 cm³/mol. The van der Waals surface area contributed by atoms with Crippen molar-refractivity contribution in [2.24, 2.45) is 0 Å². The molecule has 1 N–H and O–H groups in total. The van der Waals surface area contributed by atoms with E-state index in [4.69, 9.17) is 9.15 Å². The molecule has 1 saturated heterocycles. The molecule has 30 heavy (non-hydrogen) atoms. The molecular weight excluding hydrogens is 384 g/mol. The lowest BCUT2D eigenvalue weighted by Crippen LogP contribution is -2.37. The van der Waals surface area contributed by atoms with Crippen molar-refractivity contribution in [1.29, 1.82) is 0 Å². The van der Waals surface area contributed by atoms with E-state index in [1.54, 1.807) is 43.2 Å². The maximum absolute atomic E-state index is 13.2. The van der Waals surface area contributed by atoms with Gasteiger partial charge in [0, 0.05) is 13.1 Å². The lowest BCUT2D eigenvalue weighted by molar-refractivity contribution is -0.129. The summed E-state index contributed by atoms with van der Waals surface area (Å²) in [5.41, 5.74) is 0.794. The number of aliphatic hydroxyl groups is 1. The van der Waals surface area contributed by atoms with Gasteiger partial charge in [0.05, 0.1) is 18.7 Å². The zero-order valence-corrected chi connectivity index (χ0v) is 17.3. The monoisotopic (exact) mass is 410 g/mol. The van der Waals surface area contributed by atoms with Crippen molar-refractivity contribution in [2.75, 3.05) is 33.3 Å². The Balaban J connectivity index is 1.69. The van der Waals surface area contributed by atoms with Gasteiger partial charge in [-0.05, 0) is 62.7 Å². The Morgan fingerprint density at radius 2 is 1.83 bits per heavy atom. The molecule has 7 heteroatoms. The quantitative estimate of drug-likeness (QED) is 0.706. The Hall–Kier alpha value is -3.06. The molecule has 0 aliphatic carbocycles. The number of furan rings is 1. The third-order valence-electron chi connectivity index (χ3n) is 5.80. The van der Waals surface area contributed by atoms with E-state index >= 15 is 0 Å². The SMILES string of the molecule is COc1ccc(C2C(C(=O)c3ccc(C)o3)=C(O)C(=O)N2CCN2CCCC2)cc1. The van der Waals surface area contributed by atoms with Crippen molar-refractivity contribution in [3.8, 4) is 5.75 Å². The number of hydrogen-bond acceptors (Lipinski definition) is 6. The number of ketones is 1. The molecule has 0 spiro atoms. The van der Waals surface area contributed by atoms with E-state index in [1.807, 2.05) is 12.1 Å². The molecule has 2 aromatic rings. The number of likely N-dealkylation sites (tertiary alicyclic amines) is 1. The maximum atomic E-state index is 13.2. The number of aliphatic hydroxyl groups excluding tert-OH is 1. The summed E-state index contributed by atoms with van der Waals surface area (Å²) in [4.78, 5) is 30.0. The van der Waals surface area contributed by atoms with Gasteiger partial charge in [-0.15, -0.1) is 0 Å². The number of methoxy groups -OCH3 is 1. The van der Waals surface area contributed by atoms with Gasteiger partial charge >= 0.3 is 0 Å². The Morgan fingerprint density at radius 3 is 2.43 bits per heavy atom. The Bertz CT molecular complexity index is 970. The van der Waals surface area contributed by atoms with Gasteiger partial charge in [0.2, 0.25) is 5.78 Å². The van der Waals surface area contributed by atoms with Gasteiger partial charge in [0.15, 0.2) is 11.5 Å². The zero-order chi connectivity index (χ0) is 21.3. The highest BCUT2D eigenvalue weighted by molar-refractivity contribution is 6.15. The van der Waals surface area contributed by atoms with Crippen LogP contribution in [0.25, 0.3) is 0 Å². The molecule has 1 fully saturated rings. The average Bonchev–Trinajstić information content (AvgIpc) is 3.48. The van der Waals surface area contributed by atoms with Crippen molar-refractivity contribution in [3.63, 3.8) is 0 Å². The van der Waals surface area contributed by atoms with E-state index in [-0.39, 0.29) is 11.3 Å². The first-order chi connectivity index (χ1) is 14.5. The van der Waals surface area contributed by atoms with E-state index in [1.165, 1.54) is 0 Å². The molecular formula is C23H26N2O5. The topological polar surface area (TPSA) is 83.2 Å².